The topological polar surface area (TPSA) is 12.0 Å². The fourth-order valence-electron chi connectivity index (χ4n) is 1.80. The Morgan fingerprint density at radius 2 is 2.47 bits per heavy atom. The molecule has 1 N–H and O–H groups in total. The maximum absolute atomic E-state index is 3.63. The Labute approximate surface area is 104 Å². The predicted octanol–water partition coefficient (Wildman–Crippen LogP) is 3.25. The molecule has 1 nitrogen and oxygen atoms in total. The van der Waals surface area contributed by atoms with Crippen LogP contribution in [-0.2, 0) is 0 Å². The molecule has 0 bridgehead atoms. The Bertz CT molecular complexity index is 267. The molecule has 0 aromatic carbocycles. The van der Waals surface area contributed by atoms with Crippen LogP contribution in [-0.4, -0.2) is 29.1 Å². The zero-order chi connectivity index (χ0) is 10.5. The molecular weight excluding hydrogens is 242 g/mol. The summed E-state index contributed by atoms with van der Waals surface area (Å²) < 4.78 is 0. The molecule has 0 spiro atoms. The number of hydrogen-bond donors (Lipinski definition) is 1. The van der Waals surface area contributed by atoms with Crippen LogP contribution in [0.1, 0.15) is 17.8 Å². The van der Waals surface area contributed by atoms with Crippen LogP contribution in [0.2, 0.25) is 0 Å². The predicted molar refractivity (Wildman–Crippen MR) is 74.3 cm³/mol. The van der Waals surface area contributed by atoms with E-state index >= 15 is 0 Å². The largest absolute Gasteiger partial charge is 0.309 e. The molecule has 2 unspecified atom stereocenters. The lowest BCUT2D eigenvalue weighted by Crippen LogP contribution is -2.33. The number of thioether (sulfide) groups is 2. The van der Waals surface area contributed by atoms with Gasteiger partial charge in [-0.25, -0.2) is 0 Å². The van der Waals surface area contributed by atoms with Crippen molar-refractivity contribution in [1.29, 1.82) is 0 Å². The summed E-state index contributed by atoms with van der Waals surface area (Å²) in [5.74, 6) is 3.92. The summed E-state index contributed by atoms with van der Waals surface area (Å²) in [6.07, 6.45) is 0. The molecule has 0 saturated carbocycles. The van der Waals surface area contributed by atoms with Crippen molar-refractivity contribution in [2.24, 2.45) is 0 Å². The second-order valence-electron chi connectivity index (χ2n) is 3.53. The zero-order valence-electron chi connectivity index (χ0n) is 8.94. The highest BCUT2D eigenvalue weighted by Gasteiger charge is 2.25. The molecule has 2 rings (SSSR count). The first kappa shape index (κ1) is 11.8. The summed E-state index contributed by atoms with van der Waals surface area (Å²) in [7, 11) is 0. The van der Waals surface area contributed by atoms with Crippen LogP contribution in [0.25, 0.3) is 0 Å². The van der Waals surface area contributed by atoms with Crippen LogP contribution in [0.4, 0.5) is 0 Å². The van der Waals surface area contributed by atoms with Crippen LogP contribution in [0.5, 0.6) is 0 Å². The first-order valence-corrected chi connectivity index (χ1v) is 8.46. The maximum atomic E-state index is 3.63. The second kappa shape index (κ2) is 6.18. The van der Waals surface area contributed by atoms with E-state index in [-0.39, 0.29) is 0 Å². The third kappa shape index (κ3) is 3.16. The molecule has 1 aliphatic rings. The summed E-state index contributed by atoms with van der Waals surface area (Å²) in [5, 5.41) is 6.56. The summed E-state index contributed by atoms with van der Waals surface area (Å²) in [6, 6.07) is 4.98. The van der Waals surface area contributed by atoms with E-state index in [1.54, 1.807) is 0 Å². The lowest BCUT2D eigenvalue weighted by Gasteiger charge is -2.29. The van der Waals surface area contributed by atoms with Gasteiger partial charge in [0, 0.05) is 27.4 Å². The molecule has 4 heteroatoms. The third-order valence-corrected chi connectivity index (χ3v) is 6.31. The molecular formula is C11H17NS3. The number of nitrogens with one attached hydrogen (secondary N) is 1. The van der Waals surface area contributed by atoms with Gasteiger partial charge in [-0.3, -0.25) is 0 Å². The standard InChI is InChI=1S/C11H17NS3/c1-2-12-11(9-4-3-5-14-9)10-8-13-6-7-15-10/h3-5,10-12H,2,6-8H2,1H3. The highest BCUT2D eigenvalue weighted by atomic mass is 32.2. The molecule has 0 amide bonds. The van der Waals surface area contributed by atoms with Gasteiger partial charge in [0.1, 0.15) is 0 Å². The highest BCUT2D eigenvalue weighted by molar-refractivity contribution is 8.06. The van der Waals surface area contributed by atoms with Crippen molar-refractivity contribution in [3.8, 4) is 0 Å². The Hall–Kier alpha value is 0.360. The van der Waals surface area contributed by atoms with Crippen molar-refractivity contribution in [3.05, 3.63) is 22.4 Å². The summed E-state index contributed by atoms with van der Waals surface area (Å²) in [4.78, 5) is 1.50. The van der Waals surface area contributed by atoms with Gasteiger partial charge in [0.25, 0.3) is 0 Å². The lowest BCUT2D eigenvalue weighted by atomic mass is 10.2. The van der Waals surface area contributed by atoms with E-state index in [9.17, 15) is 0 Å². The molecule has 2 atom stereocenters. The molecule has 15 heavy (non-hydrogen) atoms. The minimum absolute atomic E-state index is 0.563. The van der Waals surface area contributed by atoms with Gasteiger partial charge in [-0.2, -0.15) is 23.5 Å². The van der Waals surface area contributed by atoms with Crippen LogP contribution in [0, 0.1) is 0 Å². The van der Waals surface area contributed by atoms with Crippen molar-refractivity contribution >= 4 is 34.9 Å². The van der Waals surface area contributed by atoms with E-state index in [0.29, 0.717) is 6.04 Å². The molecule has 0 radical (unpaired) electrons. The van der Waals surface area contributed by atoms with Crippen molar-refractivity contribution in [3.63, 3.8) is 0 Å². The van der Waals surface area contributed by atoms with Crippen LogP contribution < -0.4 is 5.32 Å². The van der Waals surface area contributed by atoms with Gasteiger partial charge in [0.15, 0.2) is 0 Å². The van der Waals surface area contributed by atoms with Crippen molar-refractivity contribution in [1.82, 2.24) is 5.32 Å². The number of thiophene rings is 1. The molecule has 2 heterocycles. The van der Waals surface area contributed by atoms with E-state index in [1.807, 2.05) is 11.3 Å². The SMILES string of the molecule is CCNC(c1cccs1)C1CSCCS1. The van der Waals surface area contributed by atoms with Crippen molar-refractivity contribution < 1.29 is 0 Å². The van der Waals surface area contributed by atoms with E-state index in [0.717, 1.165) is 11.8 Å². The van der Waals surface area contributed by atoms with Gasteiger partial charge in [0.05, 0.1) is 6.04 Å². The van der Waals surface area contributed by atoms with Crippen LogP contribution in [0.15, 0.2) is 17.5 Å². The highest BCUT2D eigenvalue weighted by Crippen LogP contribution is 2.35. The van der Waals surface area contributed by atoms with Crippen LogP contribution >= 0.6 is 34.9 Å². The normalized spacial score (nSPS) is 23.9. The van der Waals surface area contributed by atoms with Crippen LogP contribution in [0.3, 0.4) is 0 Å². The van der Waals surface area contributed by atoms with Crippen molar-refractivity contribution in [2.75, 3.05) is 23.8 Å². The average molecular weight is 259 g/mol. The quantitative estimate of drug-likeness (QED) is 0.891. The lowest BCUT2D eigenvalue weighted by molar-refractivity contribution is 0.559. The Morgan fingerprint density at radius 3 is 3.07 bits per heavy atom. The molecule has 84 valence electrons. The van der Waals surface area contributed by atoms with E-state index in [2.05, 4.69) is 53.3 Å². The van der Waals surface area contributed by atoms with E-state index in [4.69, 9.17) is 0 Å². The van der Waals surface area contributed by atoms with Gasteiger partial charge < -0.3 is 5.32 Å². The first-order valence-electron chi connectivity index (χ1n) is 5.38. The molecule has 1 fully saturated rings. The fourth-order valence-corrected chi connectivity index (χ4v) is 5.61. The zero-order valence-corrected chi connectivity index (χ0v) is 11.4. The van der Waals surface area contributed by atoms with Gasteiger partial charge in [-0.05, 0) is 18.0 Å². The third-order valence-electron chi connectivity index (χ3n) is 2.49. The van der Waals surface area contributed by atoms with Gasteiger partial charge in [-0.1, -0.05) is 13.0 Å². The minimum atomic E-state index is 0.563. The van der Waals surface area contributed by atoms with Crippen molar-refractivity contribution in [2.45, 2.75) is 18.2 Å². The molecule has 1 aromatic heterocycles. The van der Waals surface area contributed by atoms with Gasteiger partial charge >= 0.3 is 0 Å². The Morgan fingerprint density at radius 1 is 1.53 bits per heavy atom. The molecule has 1 aromatic rings. The second-order valence-corrected chi connectivity index (χ2v) is 7.01. The summed E-state index contributed by atoms with van der Waals surface area (Å²) in [6.45, 7) is 3.26. The maximum Gasteiger partial charge on any atom is 0.0543 e. The molecule has 1 aliphatic heterocycles. The fraction of sp³-hybridized carbons (Fsp3) is 0.636. The monoisotopic (exact) mass is 259 g/mol. The molecule has 1 saturated heterocycles. The smallest absolute Gasteiger partial charge is 0.0543 e. The Balaban J connectivity index is 2.04. The minimum Gasteiger partial charge on any atom is -0.309 e. The average Bonchev–Trinajstić information content (AvgIpc) is 2.80. The Kier molecular flexibility index (Phi) is 4.88. The van der Waals surface area contributed by atoms with E-state index < -0.39 is 0 Å². The number of rotatable bonds is 4. The summed E-state index contributed by atoms with van der Waals surface area (Å²) in [5.41, 5.74) is 0. The number of hydrogen-bond acceptors (Lipinski definition) is 4. The first-order chi connectivity index (χ1) is 7.42. The van der Waals surface area contributed by atoms with Gasteiger partial charge in [-0.15, -0.1) is 11.3 Å². The van der Waals surface area contributed by atoms with E-state index in [1.165, 1.54) is 22.1 Å². The summed E-state index contributed by atoms with van der Waals surface area (Å²) >= 11 is 6.11. The molecule has 0 aliphatic carbocycles. The van der Waals surface area contributed by atoms with Gasteiger partial charge in [0.2, 0.25) is 0 Å².